The molecule has 2 N–H and O–H groups in total. The lowest BCUT2D eigenvalue weighted by molar-refractivity contribution is 0.0959. The number of nitrogens with one attached hydrogen (secondary N) is 1. The van der Waals surface area contributed by atoms with Crippen LogP contribution in [0.1, 0.15) is 22.2 Å². The molecule has 0 aliphatic heterocycles. The molecule has 0 bridgehead atoms. The topological polar surface area (TPSA) is 70.9 Å². The van der Waals surface area contributed by atoms with Gasteiger partial charge in [0, 0.05) is 20.1 Å². The number of hydrazone groups is 1. The first-order valence-corrected chi connectivity index (χ1v) is 10.6. The van der Waals surface area contributed by atoms with E-state index in [0.29, 0.717) is 36.8 Å². The van der Waals surface area contributed by atoms with Crippen molar-refractivity contribution in [2.24, 2.45) is 5.10 Å². The maximum Gasteiger partial charge on any atom is 0.283 e. The number of ether oxygens (including phenoxy) is 1. The Hall–Kier alpha value is -1.61. The van der Waals surface area contributed by atoms with Gasteiger partial charge in [0.15, 0.2) is 11.5 Å². The van der Waals surface area contributed by atoms with E-state index in [1.807, 2.05) is 31.2 Å². The number of thiophene rings is 1. The lowest BCUT2D eigenvalue weighted by Gasteiger charge is -2.10. The fourth-order valence-corrected chi connectivity index (χ4v) is 4.58. The first-order valence-electron chi connectivity index (χ1n) is 7.78. The number of halogens is 3. The van der Waals surface area contributed by atoms with Crippen LogP contribution in [-0.2, 0) is 0 Å². The maximum absolute atomic E-state index is 12.4. The van der Waals surface area contributed by atoms with Crippen LogP contribution in [-0.4, -0.2) is 23.8 Å². The summed E-state index contributed by atoms with van der Waals surface area (Å²) in [6.07, 6.45) is 1.45. The van der Waals surface area contributed by atoms with Crippen molar-refractivity contribution in [3.8, 4) is 11.5 Å². The predicted molar refractivity (Wildman–Crippen MR) is 117 cm³/mol. The molecule has 1 aromatic heterocycles. The Kier molecular flexibility index (Phi) is 6.41. The fraction of sp³-hybridized carbons (Fsp3) is 0.111. The molecule has 3 aromatic rings. The lowest BCUT2D eigenvalue weighted by atomic mass is 10.2. The first-order chi connectivity index (χ1) is 12.9. The Balaban J connectivity index is 1.82. The number of carbonyl (C=O) groups excluding carboxylic acids is 1. The van der Waals surface area contributed by atoms with Gasteiger partial charge in [-0.1, -0.05) is 29.8 Å². The minimum atomic E-state index is -0.392. The summed E-state index contributed by atoms with van der Waals surface area (Å²) in [6.45, 7) is 2.22. The Bertz CT molecular complexity index is 1050. The van der Waals surface area contributed by atoms with Gasteiger partial charge in [0.1, 0.15) is 4.88 Å². The maximum atomic E-state index is 12.4. The molecule has 27 heavy (non-hydrogen) atoms. The summed E-state index contributed by atoms with van der Waals surface area (Å²) in [5.41, 5.74) is 3.10. The highest BCUT2D eigenvalue weighted by Gasteiger charge is 2.17. The van der Waals surface area contributed by atoms with Crippen LogP contribution >= 0.6 is 54.8 Å². The molecule has 0 saturated carbocycles. The third-order valence-electron chi connectivity index (χ3n) is 3.58. The Labute approximate surface area is 181 Å². The molecule has 9 heteroatoms. The summed E-state index contributed by atoms with van der Waals surface area (Å²) in [4.78, 5) is 12.8. The Morgan fingerprint density at radius 1 is 1.37 bits per heavy atom. The van der Waals surface area contributed by atoms with Gasteiger partial charge in [-0.05, 0) is 50.9 Å². The lowest BCUT2D eigenvalue weighted by Crippen LogP contribution is -2.16. The zero-order chi connectivity index (χ0) is 19.6. The van der Waals surface area contributed by atoms with Gasteiger partial charge in [0.25, 0.3) is 5.91 Å². The van der Waals surface area contributed by atoms with Crippen molar-refractivity contribution in [2.75, 3.05) is 6.61 Å². The van der Waals surface area contributed by atoms with Crippen molar-refractivity contribution >= 4 is 77.0 Å². The van der Waals surface area contributed by atoms with Gasteiger partial charge < -0.3 is 9.84 Å². The first kappa shape index (κ1) is 20.1. The normalized spacial score (nSPS) is 11.3. The van der Waals surface area contributed by atoms with E-state index in [2.05, 4.69) is 42.4 Å². The molecule has 0 unspecified atom stereocenters. The number of nitrogens with zero attached hydrogens (tertiary/aromatic N) is 1. The number of phenols is 1. The van der Waals surface area contributed by atoms with E-state index in [-0.39, 0.29) is 5.75 Å². The molecule has 0 spiro atoms. The van der Waals surface area contributed by atoms with Crippen molar-refractivity contribution in [1.29, 1.82) is 0 Å². The van der Waals surface area contributed by atoms with Crippen LogP contribution in [0.4, 0.5) is 0 Å². The van der Waals surface area contributed by atoms with E-state index < -0.39 is 5.91 Å². The average molecular weight is 533 g/mol. The number of amides is 1. The highest BCUT2D eigenvalue weighted by Crippen LogP contribution is 2.41. The quantitative estimate of drug-likeness (QED) is 0.315. The smallest absolute Gasteiger partial charge is 0.283 e. The molecule has 5 nitrogen and oxygen atoms in total. The van der Waals surface area contributed by atoms with Crippen LogP contribution < -0.4 is 10.2 Å². The fourth-order valence-electron chi connectivity index (χ4n) is 2.34. The third-order valence-corrected chi connectivity index (χ3v) is 7.42. The summed E-state index contributed by atoms with van der Waals surface area (Å²) in [7, 11) is 0. The van der Waals surface area contributed by atoms with Gasteiger partial charge >= 0.3 is 0 Å². The van der Waals surface area contributed by atoms with Crippen LogP contribution in [0, 0.1) is 0 Å². The number of benzene rings is 2. The van der Waals surface area contributed by atoms with E-state index >= 15 is 0 Å². The van der Waals surface area contributed by atoms with E-state index in [0.717, 1.165) is 10.1 Å². The average Bonchev–Trinajstić information content (AvgIpc) is 3.00. The number of phenolic OH excluding ortho intramolecular Hbond substituents is 1. The summed E-state index contributed by atoms with van der Waals surface area (Å²) < 4.78 is 7.35. The molecule has 2 aromatic carbocycles. The van der Waals surface area contributed by atoms with Crippen molar-refractivity contribution in [3.63, 3.8) is 0 Å². The van der Waals surface area contributed by atoms with Gasteiger partial charge in [-0.3, -0.25) is 4.79 Å². The summed E-state index contributed by atoms with van der Waals surface area (Å²) in [5.74, 6) is -0.0914. The van der Waals surface area contributed by atoms with Crippen LogP contribution in [0.2, 0.25) is 5.02 Å². The van der Waals surface area contributed by atoms with Gasteiger partial charge in [-0.25, -0.2) is 5.43 Å². The Morgan fingerprint density at radius 2 is 2.11 bits per heavy atom. The molecule has 1 heterocycles. The second-order valence-corrected chi connectivity index (χ2v) is 8.33. The summed E-state index contributed by atoms with van der Waals surface area (Å²) >= 11 is 14.3. The number of rotatable bonds is 5. The van der Waals surface area contributed by atoms with Crippen LogP contribution in [0.25, 0.3) is 10.1 Å². The van der Waals surface area contributed by atoms with Crippen molar-refractivity contribution < 1.29 is 14.6 Å². The molecule has 3 rings (SSSR count). The molecule has 0 saturated heterocycles. The number of carbonyl (C=O) groups is 1. The van der Waals surface area contributed by atoms with E-state index in [4.69, 9.17) is 16.3 Å². The second-order valence-electron chi connectivity index (χ2n) is 5.31. The highest BCUT2D eigenvalue weighted by molar-refractivity contribution is 9.13. The van der Waals surface area contributed by atoms with Crippen LogP contribution in [0.3, 0.4) is 0 Å². The largest absolute Gasteiger partial charge is 0.503 e. The SMILES string of the molecule is CCOc1cc(C=NNC(=O)c2sc3ccccc3c2Cl)c(Br)c(Br)c1O. The zero-order valence-electron chi connectivity index (χ0n) is 13.9. The van der Waals surface area contributed by atoms with E-state index in [1.165, 1.54) is 17.6 Å². The molecule has 0 aliphatic rings. The van der Waals surface area contributed by atoms with Crippen LogP contribution in [0.5, 0.6) is 11.5 Å². The van der Waals surface area contributed by atoms with Crippen molar-refractivity contribution in [2.45, 2.75) is 6.92 Å². The minimum Gasteiger partial charge on any atom is -0.503 e. The Morgan fingerprint density at radius 3 is 2.81 bits per heavy atom. The van der Waals surface area contributed by atoms with Gasteiger partial charge in [0.05, 0.1) is 22.3 Å². The number of hydrogen-bond donors (Lipinski definition) is 2. The van der Waals surface area contributed by atoms with Crippen molar-refractivity contribution in [3.05, 3.63) is 54.7 Å². The molecular formula is C18H13Br2ClN2O3S. The molecule has 140 valence electrons. The number of aromatic hydroxyl groups is 1. The monoisotopic (exact) mass is 530 g/mol. The van der Waals surface area contributed by atoms with Crippen molar-refractivity contribution in [1.82, 2.24) is 5.43 Å². The molecule has 0 fully saturated rings. The number of fused-ring (bicyclic) bond motifs is 1. The third kappa shape index (κ3) is 4.13. The highest BCUT2D eigenvalue weighted by atomic mass is 79.9. The van der Waals surface area contributed by atoms with E-state index in [9.17, 15) is 9.90 Å². The molecule has 0 aliphatic carbocycles. The molecular weight excluding hydrogens is 520 g/mol. The van der Waals surface area contributed by atoms with Gasteiger partial charge in [-0.15, -0.1) is 11.3 Å². The second kappa shape index (κ2) is 8.60. The summed E-state index contributed by atoms with van der Waals surface area (Å²) in [5, 5.41) is 15.3. The molecule has 0 atom stereocenters. The summed E-state index contributed by atoms with van der Waals surface area (Å²) in [6, 6.07) is 9.17. The standard InChI is InChI=1S/C18H13Br2ClN2O3S/c1-2-26-11-7-9(13(19)14(20)16(11)24)8-22-23-18(25)17-15(21)10-5-3-4-6-12(10)27-17/h3-8,24H,2H2,1H3,(H,23,25). The minimum absolute atomic E-state index is 0.0121. The number of hydrogen-bond acceptors (Lipinski definition) is 5. The zero-order valence-corrected chi connectivity index (χ0v) is 18.7. The predicted octanol–water partition coefficient (Wildman–Crippen LogP) is 5.95. The molecule has 1 amide bonds. The van der Waals surface area contributed by atoms with Gasteiger partial charge in [0.2, 0.25) is 0 Å². The van der Waals surface area contributed by atoms with E-state index in [1.54, 1.807) is 6.07 Å². The molecule has 0 radical (unpaired) electrons. The van der Waals surface area contributed by atoms with Crippen LogP contribution in [0.15, 0.2) is 44.4 Å². The van der Waals surface area contributed by atoms with Gasteiger partial charge in [-0.2, -0.15) is 5.10 Å².